The number of aromatic nitrogens is 3. The molecule has 2 aromatic heterocycles. The van der Waals surface area contributed by atoms with Gasteiger partial charge in [-0.05, 0) is 41.9 Å². The molecule has 0 spiro atoms. The van der Waals surface area contributed by atoms with Crippen LogP contribution in [0.2, 0.25) is 18.1 Å². The summed E-state index contributed by atoms with van der Waals surface area (Å²) in [6, 6.07) is 4.65. The van der Waals surface area contributed by atoms with Crippen molar-refractivity contribution in [1.29, 1.82) is 0 Å². The third-order valence-electron chi connectivity index (χ3n) is 7.04. The molecule has 38 heavy (non-hydrogen) atoms. The van der Waals surface area contributed by atoms with Gasteiger partial charge in [0.15, 0.2) is 8.32 Å². The maximum absolute atomic E-state index is 15.9. The summed E-state index contributed by atoms with van der Waals surface area (Å²) in [5.74, 6) is -3.79. The molecule has 4 rings (SSSR count). The van der Waals surface area contributed by atoms with Gasteiger partial charge in [0.1, 0.15) is 18.0 Å². The number of halogens is 2. The quantitative estimate of drug-likeness (QED) is 0.373. The van der Waals surface area contributed by atoms with Gasteiger partial charge in [0.05, 0.1) is 19.3 Å². The third kappa shape index (κ3) is 5.91. The average Bonchev–Trinajstić information content (AvgIpc) is 3.07. The maximum Gasteiger partial charge on any atom is 0.475 e. The van der Waals surface area contributed by atoms with Crippen molar-refractivity contribution < 1.29 is 36.1 Å². The average molecular weight is 575 g/mol. The molecule has 4 heterocycles. The first-order chi connectivity index (χ1) is 17.6. The highest BCUT2D eigenvalue weighted by Gasteiger charge is 2.63. The van der Waals surface area contributed by atoms with Crippen LogP contribution >= 0.6 is 7.82 Å². The number of alkyl halides is 2. The largest absolute Gasteiger partial charge is 0.475 e. The summed E-state index contributed by atoms with van der Waals surface area (Å²) < 4.78 is 74.0. The van der Waals surface area contributed by atoms with Crippen molar-refractivity contribution in [2.45, 2.75) is 75.8 Å². The van der Waals surface area contributed by atoms with Crippen LogP contribution in [0.3, 0.4) is 0 Å². The van der Waals surface area contributed by atoms with Crippen LogP contribution in [0, 0.1) is 0 Å². The summed E-state index contributed by atoms with van der Waals surface area (Å²) in [5.41, 5.74) is 5.25. The van der Waals surface area contributed by atoms with E-state index < -0.39 is 63.9 Å². The molecule has 0 radical (unpaired) electrons. The number of nitrogens with two attached hydrogens (primary N) is 1. The third-order valence-corrected chi connectivity index (χ3v) is 13.0. The Kier molecular flexibility index (Phi) is 7.99. The number of phosphoric acid groups is 1. The van der Waals surface area contributed by atoms with Crippen molar-refractivity contribution in [3.63, 3.8) is 0 Å². The lowest BCUT2D eigenvalue weighted by molar-refractivity contribution is -0.138. The normalized spacial score (nSPS) is 29.9. The van der Waals surface area contributed by atoms with Gasteiger partial charge in [-0.1, -0.05) is 20.8 Å². The van der Waals surface area contributed by atoms with Gasteiger partial charge in [-0.2, -0.15) is 13.8 Å². The van der Waals surface area contributed by atoms with Crippen LogP contribution in [-0.2, 0) is 27.3 Å². The van der Waals surface area contributed by atoms with E-state index in [4.69, 9.17) is 28.5 Å². The SMILES string of the molecule is CC(C)(C)[Si](C)(C)O[C@@H]1[C@@H](COP2(=O)OCC[C@H](c3ccncc3)O2)O[C@@H](n2ccc(N)nc2=O)C1(F)F. The molecule has 210 valence electrons. The summed E-state index contributed by atoms with van der Waals surface area (Å²) >= 11 is 0. The Balaban J connectivity index is 1.59. The van der Waals surface area contributed by atoms with E-state index in [0.29, 0.717) is 11.0 Å². The number of phosphoric ester groups is 1. The zero-order chi connectivity index (χ0) is 27.9. The Labute approximate surface area is 220 Å². The summed E-state index contributed by atoms with van der Waals surface area (Å²) in [5, 5.41) is -0.410. The van der Waals surface area contributed by atoms with Crippen molar-refractivity contribution in [1.82, 2.24) is 14.5 Å². The van der Waals surface area contributed by atoms with Crippen molar-refractivity contribution in [3.05, 3.63) is 52.8 Å². The van der Waals surface area contributed by atoms with Crippen molar-refractivity contribution in [3.8, 4) is 0 Å². The minimum Gasteiger partial charge on any atom is -0.405 e. The Hall–Kier alpha value is -2.06. The highest BCUT2D eigenvalue weighted by molar-refractivity contribution is 7.48. The number of hydrogen-bond donors (Lipinski definition) is 1. The van der Waals surface area contributed by atoms with Gasteiger partial charge < -0.3 is 14.9 Å². The van der Waals surface area contributed by atoms with E-state index in [9.17, 15) is 9.36 Å². The summed E-state index contributed by atoms with van der Waals surface area (Å²) in [6.07, 6.45) is -1.21. The van der Waals surface area contributed by atoms with Crippen molar-refractivity contribution in [2.75, 3.05) is 18.9 Å². The van der Waals surface area contributed by atoms with Gasteiger partial charge >= 0.3 is 19.4 Å². The molecule has 5 atom stereocenters. The van der Waals surface area contributed by atoms with Crippen LogP contribution in [0.1, 0.15) is 45.1 Å². The molecule has 2 aromatic rings. The highest BCUT2D eigenvalue weighted by atomic mass is 31.2. The summed E-state index contributed by atoms with van der Waals surface area (Å²) in [6.45, 7) is 8.84. The highest BCUT2D eigenvalue weighted by Crippen LogP contribution is 2.58. The monoisotopic (exact) mass is 574 g/mol. The molecular formula is C23H33F2N4O7PSi. The van der Waals surface area contributed by atoms with Crippen LogP contribution in [-0.4, -0.2) is 54.2 Å². The molecule has 15 heteroatoms. The molecule has 0 amide bonds. The van der Waals surface area contributed by atoms with Crippen molar-refractivity contribution in [2.24, 2.45) is 0 Å². The minimum absolute atomic E-state index is 0.0744. The molecule has 2 N–H and O–H groups in total. The molecule has 0 aromatic carbocycles. The van der Waals surface area contributed by atoms with Gasteiger partial charge in [0.25, 0.3) is 0 Å². The van der Waals surface area contributed by atoms with E-state index in [0.717, 1.165) is 11.8 Å². The van der Waals surface area contributed by atoms with E-state index in [1.54, 1.807) is 24.5 Å². The first-order valence-electron chi connectivity index (χ1n) is 12.2. The Morgan fingerprint density at radius 1 is 1.26 bits per heavy atom. The lowest BCUT2D eigenvalue weighted by Gasteiger charge is -2.40. The fourth-order valence-electron chi connectivity index (χ4n) is 3.90. The van der Waals surface area contributed by atoms with Crippen LogP contribution in [0.5, 0.6) is 0 Å². The Morgan fingerprint density at radius 2 is 1.95 bits per heavy atom. The van der Waals surface area contributed by atoms with E-state index in [1.165, 1.54) is 6.07 Å². The zero-order valence-corrected chi connectivity index (χ0v) is 23.8. The minimum atomic E-state index is -4.13. The molecule has 1 unspecified atom stereocenters. The standard InChI is InChI=1S/C23H33F2N4O7PSi/c1-22(2,3)38(4,5)36-19-17(34-20(23(19,24)25)29-12-8-18(26)28-21(29)30)14-33-37(31)32-13-9-16(35-37)15-6-10-27-11-7-15/h6-8,10-12,16-17,19-20H,9,13-14H2,1-5H3,(H2,26,28,30)/t16-,17-,19-,20-,37?/m1/s1. The van der Waals surface area contributed by atoms with Gasteiger partial charge in [-0.25, -0.2) is 9.36 Å². The molecule has 2 aliphatic heterocycles. The molecule has 2 fully saturated rings. The fourth-order valence-corrected chi connectivity index (χ4v) is 6.59. The number of nitrogen functional groups attached to an aromatic ring is 1. The first-order valence-corrected chi connectivity index (χ1v) is 16.5. The van der Waals surface area contributed by atoms with Gasteiger partial charge in [0, 0.05) is 25.0 Å². The smallest absolute Gasteiger partial charge is 0.405 e. The van der Waals surface area contributed by atoms with Gasteiger partial charge in [-0.15, -0.1) is 0 Å². The topological polar surface area (TPSA) is 137 Å². The summed E-state index contributed by atoms with van der Waals surface area (Å²) in [7, 11) is -6.91. The second-order valence-electron chi connectivity index (χ2n) is 10.8. The number of hydrogen-bond acceptors (Lipinski definition) is 10. The number of pyridine rings is 1. The van der Waals surface area contributed by atoms with Crippen LogP contribution in [0.4, 0.5) is 14.6 Å². The number of ether oxygens (including phenoxy) is 1. The molecule has 0 saturated carbocycles. The Morgan fingerprint density at radius 3 is 2.58 bits per heavy atom. The number of nitrogens with zero attached hydrogens (tertiary/aromatic N) is 3. The first kappa shape index (κ1) is 28.9. The number of anilines is 1. The lowest BCUT2D eigenvalue weighted by atomic mass is 10.1. The van der Waals surface area contributed by atoms with Crippen LogP contribution in [0.25, 0.3) is 0 Å². The number of rotatable bonds is 7. The molecule has 0 bridgehead atoms. The second kappa shape index (κ2) is 10.5. The van der Waals surface area contributed by atoms with Crippen molar-refractivity contribution >= 4 is 22.0 Å². The molecule has 2 aliphatic rings. The fraction of sp³-hybridized carbons (Fsp3) is 0.609. The second-order valence-corrected chi connectivity index (χ2v) is 17.2. The van der Waals surface area contributed by atoms with E-state index in [2.05, 4.69) is 9.97 Å². The van der Waals surface area contributed by atoms with E-state index in [1.807, 2.05) is 33.9 Å². The maximum atomic E-state index is 15.9. The molecule has 11 nitrogen and oxygen atoms in total. The molecular weight excluding hydrogens is 541 g/mol. The van der Waals surface area contributed by atoms with E-state index >= 15 is 8.78 Å². The van der Waals surface area contributed by atoms with Crippen LogP contribution in [0.15, 0.2) is 41.6 Å². The Bertz CT molecular complexity index is 1240. The lowest BCUT2D eigenvalue weighted by Crippen LogP contribution is -2.52. The zero-order valence-electron chi connectivity index (χ0n) is 21.9. The van der Waals surface area contributed by atoms with Gasteiger partial charge in [-0.3, -0.25) is 23.1 Å². The molecule has 0 aliphatic carbocycles. The predicted octanol–water partition coefficient (Wildman–Crippen LogP) is 4.45. The van der Waals surface area contributed by atoms with E-state index in [-0.39, 0.29) is 12.4 Å². The molecule has 2 saturated heterocycles. The van der Waals surface area contributed by atoms with Crippen LogP contribution < -0.4 is 11.4 Å². The van der Waals surface area contributed by atoms with Gasteiger partial charge in [0.2, 0.25) is 6.23 Å². The summed E-state index contributed by atoms with van der Waals surface area (Å²) in [4.78, 5) is 19.9. The predicted molar refractivity (Wildman–Crippen MR) is 136 cm³/mol.